The number of aryl methyl sites for hydroxylation is 1. The molecule has 0 unspecified atom stereocenters. The molecule has 2 N–H and O–H groups in total. The van der Waals surface area contributed by atoms with Crippen LogP contribution in [0.2, 0.25) is 0 Å². The summed E-state index contributed by atoms with van der Waals surface area (Å²) in [6, 6.07) is 14.8. The van der Waals surface area contributed by atoms with E-state index >= 15 is 0 Å². The fourth-order valence-electron chi connectivity index (χ4n) is 1.97. The molecule has 0 aliphatic heterocycles. The van der Waals surface area contributed by atoms with E-state index in [0.29, 0.717) is 5.75 Å². The van der Waals surface area contributed by atoms with Crippen molar-refractivity contribution in [2.75, 3.05) is 0 Å². The molecule has 0 heterocycles. The van der Waals surface area contributed by atoms with Crippen LogP contribution in [0.1, 0.15) is 18.1 Å². The maximum atomic E-state index is 12.0. The summed E-state index contributed by atoms with van der Waals surface area (Å²) < 4.78 is 6.39. The Bertz CT molecular complexity index is 716. The number of hydrazine groups is 1. The second kappa shape index (κ2) is 8.49. The third-order valence-corrected chi connectivity index (χ3v) is 3.78. The number of amides is 2. The highest BCUT2D eigenvalue weighted by Crippen LogP contribution is 2.18. The van der Waals surface area contributed by atoms with Gasteiger partial charge in [-0.15, -0.1) is 0 Å². The number of halogens is 1. The number of rotatable bonds is 5. The predicted octanol–water partition coefficient (Wildman–Crippen LogP) is 2.91. The van der Waals surface area contributed by atoms with Crippen LogP contribution in [-0.2, 0) is 16.0 Å². The molecule has 0 aliphatic rings. The van der Waals surface area contributed by atoms with Crippen molar-refractivity contribution < 1.29 is 14.3 Å². The lowest BCUT2D eigenvalue weighted by Gasteiger charge is -2.15. The summed E-state index contributed by atoms with van der Waals surface area (Å²) in [5.41, 5.74) is 6.78. The molecule has 24 heavy (non-hydrogen) atoms. The average molecular weight is 391 g/mol. The molecule has 0 aliphatic carbocycles. The molecule has 2 aromatic carbocycles. The molecule has 0 fully saturated rings. The highest BCUT2D eigenvalue weighted by atomic mass is 79.9. The molecule has 0 bridgehead atoms. The third-order valence-electron chi connectivity index (χ3n) is 3.29. The fraction of sp³-hybridized carbons (Fsp3) is 0.222. The minimum atomic E-state index is -0.737. The van der Waals surface area contributed by atoms with Crippen molar-refractivity contribution in [3.63, 3.8) is 0 Å². The van der Waals surface area contributed by atoms with Gasteiger partial charge in [0.05, 0.1) is 6.42 Å². The first-order valence-electron chi connectivity index (χ1n) is 7.50. The third kappa shape index (κ3) is 5.70. The second-order valence-electron chi connectivity index (χ2n) is 5.42. The van der Waals surface area contributed by atoms with Crippen LogP contribution in [0.15, 0.2) is 53.0 Å². The molecule has 1 atom stereocenters. The van der Waals surface area contributed by atoms with Crippen molar-refractivity contribution in [3.05, 3.63) is 64.1 Å². The minimum absolute atomic E-state index is 0.196. The van der Waals surface area contributed by atoms with Gasteiger partial charge in [0.15, 0.2) is 6.10 Å². The highest BCUT2D eigenvalue weighted by molar-refractivity contribution is 9.10. The van der Waals surface area contributed by atoms with Crippen molar-refractivity contribution in [1.82, 2.24) is 10.9 Å². The molecule has 6 heteroatoms. The molecule has 5 nitrogen and oxygen atoms in total. The average Bonchev–Trinajstić information content (AvgIpc) is 2.54. The van der Waals surface area contributed by atoms with Gasteiger partial charge in [-0.25, -0.2) is 0 Å². The summed E-state index contributed by atoms with van der Waals surface area (Å²) >= 11 is 3.34. The molecule has 2 rings (SSSR count). The molecule has 0 spiro atoms. The summed E-state index contributed by atoms with van der Waals surface area (Å²) in [6.45, 7) is 3.60. The van der Waals surface area contributed by atoms with Crippen LogP contribution < -0.4 is 15.6 Å². The van der Waals surface area contributed by atoms with Gasteiger partial charge in [-0.3, -0.25) is 20.4 Å². The zero-order valence-electron chi connectivity index (χ0n) is 13.5. The van der Waals surface area contributed by atoms with Gasteiger partial charge in [0.1, 0.15) is 5.75 Å². The van der Waals surface area contributed by atoms with Crippen molar-refractivity contribution in [2.24, 2.45) is 0 Å². The summed E-state index contributed by atoms with van der Waals surface area (Å²) in [4.78, 5) is 23.8. The fourth-order valence-corrected chi connectivity index (χ4v) is 2.34. The lowest BCUT2D eigenvalue weighted by molar-refractivity contribution is -0.132. The van der Waals surface area contributed by atoms with E-state index in [1.165, 1.54) is 0 Å². The Balaban J connectivity index is 1.79. The molecule has 0 saturated carbocycles. The standard InChI is InChI=1S/C18H19BrN2O3/c1-12-6-8-14(9-7-12)10-17(22)20-21-18(23)13(2)24-16-5-3-4-15(19)11-16/h3-9,11,13H,10H2,1-2H3,(H,20,22)(H,21,23)/t13-/m1/s1. The van der Waals surface area contributed by atoms with E-state index < -0.39 is 12.0 Å². The number of carbonyl (C=O) groups is 2. The van der Waals surface area contributed by atoms with Gasteiger partial charge in [0.25, 0.3) is 5.91 Å². The lowest BCUT2D eigenvalue weighted by Crippen LogP contribution is -2.47. The molecule has 0 saturated heterocycles. The number of benzene rings is 2. The highest BCUT2D eigenvalue weighted by Gasteiger charge is 2.15. The van der Waals surface area contributed by atoms with E-state index in [0.717, 1.165) is 15.6 Å². The van der Waals surface area contributed by atoms with Crippen molar-refractivity contribution in [1.29, 1.82) is 0 Å². The minimum Gasteiger partial charge on any atom is -0.481 e. The molecule has 2 aromatic rings. The molecule has 0 radical (unpaired) electrons. The molecular formula is C18H19BrN2O3. The van der Waals surface area contributed by atoms with Gasteiger partial charge in [-0.05, 0) is 37.6 Å². The number of hydrogen-bond acceptors (Lipinski definition) is 3. The van der Waals surface area contributed by atoms with Crippen LogP contribution >= 0.6 is 15.9 Å². The van der Waals surface area contributed by atoms with Crippen LogP contribution in [0.25, 0.3) is 0 Å². The largest absolute Gasteiger partial charge is 0.481 e. The normalized spacial score (nSPS) is 11.5. The van der Waals surface area contributed by atoms with Crippen LogP contribution in [0.5, 0.6) is 5.75 Å². The van der Waals surface area contributed by atoms with E-state index in [-0.39, 0.29) is 12.3 Å². The number of hydrogen-bond donors (Lipinski definition) is 2. The first-order valence-corrected chi connectivity index (χ1v) is 8.30. The van der Waals surface area contributed by atoms with Crippen LogP contribution in [0, 0.1) is 6.92 Å². The van der Waals surface area contributed by atoms with Crippen LogP contribution in [-0.4, -0.2) is 17.9 Å². The van der Waals surface area contributed by atoms with Crippen molar-refractivity contribution >= 4 is 27.7 Å². The van der Waals surface area contributed by atoms with Gasteiger partial charge in [-0.2, -0.15) is 0 Å². The summed E-state index contributed by atoms with van der Waals surface area (Å²) in [7, 11) is 0. The first kappa shape index (κ1) is 18.0. The molecule has 0 aromatic heterocycles. The van der Waals surface area contributed by atoms with Gasteiger partial charge < -0.3 is 4.74 Å². The Morgan fingerprint density at radius 1 is 1.12 bits per heavy atom. The van der Waals surface area contributed by atoms with E-state index in [4.69, 9.17) is 4.74 Å². The SMILES string of the molecule is Cc1ccc(CC(=O)NNC(=O)[C@@H](C)Oc2cccc(Br)c2)cc1. The summed E-state index contributed by atoms with van der Waals surface area (Å²) in [5.74, 6) is -0.146. The lowest BCUT2D eigenvalue weighted by atomic mass is 10.1. The first-order chi connectivity index (χ1) is 11.4. The number of nitrogens with one attached hydrogen (secondary N) is 2. The van der Waals surface area contributed by atoms with E-state index in [9.17, 15) is 9.59 Å². The summed E-state index contributed by atoms with van der Waals surface area (Å²) in [6.07, 6.45) is -0.541. The predicted molar refractivity (Wildman–Crippen MR) is 95.4 cm³/mol. The Hall–Kier alpha value is -2.34. The Kier molecular flexibility index (Phi) is 6.37. The zero-order chi connectivity index (χ0) is 17.5. The van der Waals surface area contributed by atoms with Crippen LogP contribution in [0.4, 0.5) is 0 Å². The summed E-state index contributed by atoms with van der Waals surface area (Å²) in [5, 5.41) is 0. The van der Waals surface area contributed by atoms with E-state index in [1.54, 1.807) is 19.1 Å². The monoisotopic (exact) mass is 390 g/mol. The smallest absolute Gasteiger partial charge is 0.279 e. The van der Waals surface area contributed by atoms with Gasteiger partial charge in [0.2, 0.25) is 5.91 Å². The zero-order valence-corrected chi connectivity index (χ0v) is 15.1. The van der Waals surface area contributed by atoms with E-state index in [2.05, 4.69) is 26.8 Å². The molecular weight excluding hydrogens is 372 g/mol. The van der Waals surface area contributed by atoms with Crippen molar-refractivity contribution in [2.45, 2.75) is 26.4 Å². The topological polar surface area (TPSA) is 67.4 Å². The maximum absolute atomic E-state index is 12.0. The Morgan fingerprint density at radius 2 is 1.83 bits per heavy atom. The van der Waals surface area contributed by atoms with E-state index in [1.807, 2.05) is 43.3 Å². The number of ether oxygens (including phenoxy) is 1. The van der Waals surface area contributed by atoms with Gasteiger partial charge in [0, 0.05) is 4.47 Å². The van der Waals surface area contributed by atoms with Crippen molar-refractivity contribution in [3.8, 4) is 5.75 Å². The Morgan fingerprint density at radius 3 is 2.50 bits per heavy atom. The molecule has 2 amide bonds. The van der Waals surface area contributed by atoms with Crippen LogP contribution in [0.3, 0.4) is 0 Å². The van der Waals surface area contributed by atoms with Gasteiger partial charge >= 0.3 is 0 Å². The molecule has 126 valence electrons. The quantitative estimate of drug-likeness (QED) is 0.771. The number of carbonyl (C=O) groups excluding carboxylic acids is 2. The second-order valence-corrected chi connectivity index (χ2v) is 6.33. The van der Waals surface area contributed by atoms with Gasteiger partial charge in [-0.1, -0.05) is 51.8 Å². The maximum Gasteiger partial charge on any atom is 0.279 e. The Labute approximate surface area is 149 Å².